The Balaban J connectivity index is 1.40. The van der Waals surface area contributed by atoms with Gasteiger partial charge in [0.25, 0.3) is 0 Å². The number of hydrogen-bond donors (Lipinski definition) is 11. The zero-order valence-electron chi connectivity index (χ0n) is 27.7. The Kier molecular flexibility index (Phi) is 10.5. The first-order chi connectivity index (χ1) is 26.8. The number of carboxylic acids is 1. The first-order valence-corrected chi connectivity index (χ1v) is 15.0. The molecule has 57 heavy (non-hydrogen) atoms. The molecule has 0 unspecified atom stereocenters. The van der Waals surface area contributed by atoms with Gasteiger partial charge in [0.1, 0.15) is 5.75 Å². The molecule has 0 atom stereocenters. The van der Waals surface area contributed by atoms with Gasteiger partial charge in [-0.25, -0.2) is 24.0 Å². The zero-order valence-corrected chi connectivity index (χ0v) is 27.7. The van der Waals surface area contributed by atoms with Crippen molar-refractivity contribution in [3.05, 3.63) is 93.4 Å². The summed E-state index contributed by atoms with van der Waals surface area (Å²) in [6.07, 6.45) is 0. The SMILES string of the molecule is O=Nc1c(O)cc(C(=O)Oc2cc(C(=O)Oc3cc(C(=O)O)cc(O)c3O)cc(O)c2O)cc1OC(=O)c1cc(O)c(O)c(OC(=O)c2cc(O)c(O)c(O)c2)c1. The lowest BCUT2D eigenvalue weighted by molar-refractivity contribution is 0.0684. The number of aromatic carboxylic acids is 1. The molecule has 0 aliphatic heterocycles. The van der Waals surface area contributed by atoms with Crippen LogP contribution in [0.3, 0.4) is 0 Å². The summed E-state index contributed by atoms with van der Waals surface area (Å²) in [5, 5.41) is 112. The number of esters is 4. The van der Waals surface area contributed by atoms with Gasteiger partial charge < -0.3 is 75.1 Å². The number of benzene rings is 5. The highest BCUT2D eigenvalue weighted by Crippen LogP contribution is 2.43. The summed E-state index contributed by atoms with van der Waals surface area (Å²) in [7, 11) is 0. The molecule has 22 nitrogen and oxygen atoms in total. The van der Waals surface area contributed by atoms with Gasteiger partial charge in [0.2, 0.25) is 17.2 Å². The van der Waals surface area contributed by atoms with E-state index in [4.69, 9.17) is 24.1 Å². The Morgan fingerprint density at radius 3 is 0.982 bits per heavy atom. The van der Waals surface area contributed by atoms with E-state index in [0.29, 0.717) is 60.7 Å². The van der Waals surface area contributed by atoms with Crippen molar-refractivity contribution in [1.29, 1.82) is 0 Å². The normalized spacial score (nSPS) is 10.6. The maximum Gasteiger partial charge on any atom is 0.343 e. The van der Waals surface area contributed by atoms with E-state index in [2.05, 4.69) is 5.18 Å². The molecular formula is C35H21NO21. The predicted molar refractivity (Wildman–Crippen MR) is 181 cm³/mol. The van der Waals surface area contributed by atoms with Crippen LogP contribution in [-0.4, -0.2) is 86.0 Å². The van der Waals surface area contributed by atoms with E-state index >= 15 is 0 Å². The number of hydrogen-bond acceptors (Lipinski definition) is 21. The van der Waals surface area contributed by atoms with Crippen molar-refractivity contribution < 1.29 is 99.1 Å². The monoisotopic (exact) mass is 791 g/mol. The number of rotatable bonds is 10. The van der Waals surface area contributed by atoms with Gasteiger partial charge in [-0.05, 0) is 65.8 Å². The minimum absolute atomic E-state index is 0.574. The molecule has 22 heteroatoms. The quantitative estimate of drug-likeness (QED) is 0.0415. The second-order valence-corrected chi connectivity index (χ2v) is 11.2. The Morgan fingerprint density at radius 1 is 0.368 bits per heavy atom. The van der Waals surface area contributed by atoms with Crippen molar-refractivity contribution in [2.45, 2.75) is 0 Å². The molecule has 0 spiro atoms. The van der Waals surface area contributed by atoms with Gasteiger partial charge in [-0.15, -0.1) is 4.91 Å². The van der Waals surface area contributed by atoms with Gasteiger partial charge in [-0.2, -0.15) is 0 Å². The first-order valence-electron chi connectivity index (χ1n) is 15.0. The van der Waals surface area contributed by atoms with Crippen LogP contribution in [0.2, 0.25) is 0 Å². The van der Waals surface area contributed by atoms with Gasteiger partial charge >= 0.3 is 29.8 Å². The zero-order chi connectivity index (χ0) is 42.0. The molecule has 0 fully saturated rings. The molecular weight excluding hydrogens is 770 g/mol. The fourth-order valence-corrected chi connectivity index (χ4v) is 4.61. The van der Waals surface area contributed by atoms with Crippen LogP contribution in [0.1, 0.15) is 51.8 Å². The van der Waals surface area contributed by atoms with Crippen LogP contribution >= 0.6 is 0 Å². The Hall–Kier alpha value is -8.95. The van der Waals surface area contributed by atoms with Crippen molar-refractivity contribution in [3.8, 4) is 80.5 Å². The van der Waals surface area contributed by atoms with E-state index in [1.807, 2.05) is 0 Å². The maximum absolute atomic E-state index is 13.1. The molecule has 5 aromatic rings. The highest BCUT2D eigenvalue weighted by atomic mass is 16.6. The largest absolute Gasteiger partial charge is 0.505 e. The summed E-state index contributed by atoms with van der Waals surface area (Å²) in [6.45, 7) is 0. The summed E-state index contributed by atoms with van der Waals surface area (Å²) in [6, 6.07) is 6.33. The molecule has 0 saturated heterocycles. The van der Waals surface area contributed by atoms with Crippen LogP contribution in [0, 0.1) is 4.91 Å². The lowest BCUT2D eigenvalue weighted by Crippen LogP contribution is -2.13. The third-order valence-corrected chi connectivity index (χ3v) is 7.38. The number of nitrogens with zero attached hydrogens (tertiary/aromatic N) is 1. The van der Waals surface area contributed by atoms with Crippen LogP contribution in [0.25, 0.3) is 0 Å². The van der Waals surface area contributed by atoms with Gasteiger partial charge in [0.15, 0.2) is 63.2 Å². The second kappa shape index (κ2) is 15.2. The molecule has 0 heterocycles. The number of phenols is 10. The number of nitroso groups, excluding NO2 is 1. The molecule has 0 aromatic heterocycles. The van der Waals surface area contributed by atoms with Crippen molar-refractivity contribution >= 4 is 35.5 Å². The number of carbonyl (C=O) groups is 5. The summed E-state index contributed by atoms with van der Waals surface area (Å²) >= 11 is 0. The second-order valence-electron chi connectivity index (χ2n) is 11.2. The fraction of sp³-hybridized carbons (Fsp3) is 0. The Morgan fingerprint density at radius 2 is 0.632 bits per heavy atom. The van der Waals surface area contributed by atoms with Gasteiger partial charge in [-0.3, -0.25) is 0 Å². The maximum atomic E-state index is 13.1. The lowest BCUT2D eigenvalue weighted by Gasteiger charge is -2.13. The Labute approximate surface area is 313 Å². The molecule has 292 valence electrons. The molecule has 0 saturated carbocycles. The lowest BCUT2D eigenvalue weighted by atomic mass is 10.1. The van der Waals surface area contributed by atoms with Gasteiger partial charge in [-0.1, -0.05) is 0 Å². The number of aromatic hydroxyl groups is 10. The third kappa shape index (κ3) is 8.03. The first kappa shape index (κ1) is 39.3. The molecule has 11 N–H and O–H groups in total. The molecule has 0 radical (unpaired) electrons. The molecule has 5 rings (SSSR count). The van der Waals surface area contributed by atoms with E-state index in [9.17, 15) is 79.9 Å². The summed E-state index contributed by atoms with van der Waals surface area (Å²) in [5.74, 6) is -21.5. The Bertz CT molecular complexity index is 2540. The highest BCUT2D eigenvalue weighted by molar-refractivity contribution is 5.98. The van der Waals surface area contributed by atoms with E-state index < -0.39 is 144 Å². The number of carboxylic acid groups (broad SMARTS) is 1. The molecule has 0 aliphatic carbocycles. The van der Waals surface area contributed by atoms with E-state index in [1.54, 1.807) is 0 Å². The summed E-state index contributed by atoms with van der Waals surface area (Å²) in [5.41, 5.74) is -4.31. The van der Waals surface area contributed by atoms with Crippen LogP contribution in [0.4, 0.5) is 5.69 Å². The smallest absolute Gasteiger partial charge is 0.343 e. The minimum atomic E-state index is -1.58. The summed E-state index contributed by atoms with van der Waals surface area (Å²) in [4.78, 5) is 74.5. The predicted octanol–water partition coefficient (Wildman–Crippen LogP) is 3.72. The average molecular weight is 792 g/mol. The van der Waals surface area contributed by atoms with Crippen LogP contribution in [0.15, 0.2) is 65.8 Å². The fourth-order valence-electron chi connectivity index (χ4n) is 4.61. The average Bonchev–Trinajstić information content (AvgIpc) is 3.15. The van der Waals surface area contributed by atoms with Crippen molar-refractivity contribution in [3.63, 3.8) is 0 Å². The summed E-state index contributed by atoms with van der Waals surface area (Å²) < 4.78 is 19.9. The van der Waals surface area contributed by atoms with Gasteiger partial charge in [0.05, 0.1) is 27.8 Å². The molecule has 0 amide bonds. The van der Waals surface area contributed by atoms with Crippen LogP contribution in [0.5, 0.6) is 80.5 Å². The molecule has 5 aromatic carbocycles. The van der Waals surface area contributed by atoms with Crippen LogP contribution < -0.4 is 18.9 Å². The number of carbonyl (C=O) groups excluding carboxylic acids is 4. The number of phenolic OH excluding ortho intramolecular Hbond substituents is 10. The highest BCUT2D eigenvalue weighted by Gasteiger charge is 2.26. The minimum Gasteiger partial charge on any atom is -0.505 e. The van der Waals surface area contributed by atoms with Crippen molar-refractivity contribution in [2.75, 3.05) is 0 Å². The van der Waals surface area contributed by atoms with E-state index in [-0.39, 0.29) is 0 Å². The van der Waals surface area contributed by atoms with E-state index in [0.717, 1.165) is 0 Å². The number of ether oxygens (including phenoxy) is 4. The van der Waals surface area contributed by atoms with Gasteiger partial charge in [0, 0.05) is 0 Å². The molecule has 0 aliphatic rings. The van der Waals surface area contributed by atoms with Crippen LogP contribution in [-0.2, 0) is 0 Å². The molecule has 0 bridgehead atoms. The van der Waals surface area contributed by atoms with E-state index in [1.165, 1.54) is 0 Å². The van der Waals surface area contributed by atoms with Crippen molar-refractivity contribution in [1.82, 2.24) is 0 Å². The standard InChI is InChI=1S/C35H21NO21/c37-16-2-13(34(51)57-25-10-15(6-21(42)30(25)46)35(52)55-23-7-11(31(47)48)1-19(40)28(23)44)8-22(26(16)36-53)54-33(50)14-5-20(41)29(45)24(9-14)56-32(49)12-3-17(38)27(43)18(39)4-12/h1-10,37-46H,(H,47,48). The third-order valence-electron chi connectivity index (χ3n) is 7.38. The topological polar surface area (TPSA) is 374 Å². The van der Waals surface area contributed by atoms with Crippen molar-refractivity contribution in [2.24, 2.45) is 5.18 Å².